The number of aromatic nitrogens is 4. The summed E-state index contributed by atoms with van der Waals surface area (Å²) in [5.74, 6) is 1.44. The fourth-order valence-corrected chi connectivity index (χ4v) is 2.56. The molecule has 1 amide bonds. The van der Waals surface area contributed by atoms with Crippen molar-refractivity contribution in [2.24, 2.45) is 0 Å². The van der Waals surface area contributed by atoms with Crippen molar-refractivity contribution in [2.75, 3.05) is 19.8 Å². The predicted octanol–water partition coefficient (Wildman–Crippen LogP) is 2.85. The smallest absolute Gasteiger partial charge is 0.270 e. The van der Waals surface area contributed by atoms with Crippen LogP contribution in [0.15, 0.2) is 34.9 Å². The number of anilines is 1. The quantitative estimate of drug-likeness (QED) is 0.766. The van der Waals surface area contributed by atoms with Crippen molar-refractivity contribution in [3.63, 3.8) is 0 Å². The van der Waals surface area contributed by atoms with Gasteiger partial charge in [0.25, 0.3) is 11.8 Å². The molecule has 1 fully saturated rings. The molecule has 1 aromatic carbocycles. The molecule has 1 saturated carbocycles. The molecule has 0 saturated heterocycles. The number of rotatable bonds is 4. The van der Waals surface area contributed by atoms with Gasteiger partial charge in [-0.2, -0.15) is 0 Å². The van der Waals surface area contributed by atoms with E-state index in [1.165, 1.54) is 4.90 Å². The molecule has 2 aromatic heterocycles. The van der Waals surface area contributed by atoms with Gasteiger partial charge in [-0.05, 0) is 25.0 Å². The van der Waals surface area contributed by atoms with E-state index in [0.717, 1.165) is 18.4 Å². The van der Waals surface area contributed by atoms with Gasteiger partial charge in [0.2, 0.25) is 5.89 Å². The van der Waals surface area contributed by atoms with Crippen LogP contribution in [0.25, 0.3) is 22.8 Å². The number of benzene rings is 1. The zero-order chi connectivity index (χ0) is 18.3. The first-order chi connectivity index (χ1) is 12.5. The van der Waals surface area contributed by atoms with E-state index in [1.807, 2.05) is 12.1 Å². The summed E-state index contributed by atoms with van der Waals surface area (Å²) in [6, 6.07) is 7.16. The summed E-state index contributed by atoms with van der Waals surface area (Å²) in [5.41, 5.74) is 8.35. The number of carbonyl (C=O) groups excluding carboxylic acids is 1. The molecule has 3 aromatic rings. The standard InChI is InChI=1S/C18H18N6O2.2H2/c1-24(2)18(25)12-7-3-10(4-8-12)13-9-20-15(19)14(21-13)17-23-22-16(26-17)11-5-6-11;;/h3-4,7-9,11H,5-6H2,1-2H3,(H2,19,20);2*1H. The molecule has 136 valence electrons. The maximum Gasteiger partial charge on any atom is 0.270 e. The third-order valence-corrected chi connectivity index (χ3v) is 4.20. The number of nitrogens with zero attached hydrogens (tertiary/aromatic N) is 5. The molecule has 0 spiro atoms. The van der Waals surface area contributed by atoms with Crippen LogP contribution in [0, 0.1) is 0 Å². The average Bonchev–Trinajstić information content (AvgIpc) is 3.39. The molecule has 8 nitrogen and oxygen atoms in total. The van der Waals surface area contributed by atoms with E-state index in [2.05, 4.69) is 20.2 Å². The highest BCUT2D eigenvalue weighted by Gasteiger charge is 2.30. The van der Waals surface area contributed by atoms with E-state index in [0.29, 0.717) is 28.8 Å². The first-order valence-electron chi connectivity index (χ1n) is 8.31. The third-order valence-electron chi connectivity index (χ3n) is 4.20. The van der Waals surface area contributed by atoms with Crippen molar-refractivity contribution in [1.82, 2.24) is 25.1 Å². The molecule has 26 heavy (non-hydrogen) atoms. The van der Waals surface area contributed by atoms with Crippen LogP contribution in [-0.2, 0) is 0 Å². The number of nitrogen functional groups attached to an aromatic ring is 1. The van der Waals surface area contributed by atoms with Crippen molar-refractivity contribution in [1.29, 1.82) is 0 Å². The van der Waals surface area contributed by atoms with Crippen LogP contribution < -0.4 is 5.73 Å². The lowest BCUT2D eigenvalue weighted by atomic mass is 10.1. The van der Waals surface area contributed by atoms with Gasteiger partial charge in [0.15, 0.2) is 11.5 Å². The van der Waals surface area contributed by atoms with Crippen LogP contribution in [0.2, 0.25) is 0 Å². The number of nitrogens with two attached hydrogens (primary N) is 1. The highest BCUT2D eigenvalue weighted by Crippen LogP contribution is 2.40. The van der Waals surface area contributed by atoms with Crippen LogP contribution >= 0.6 is 0 Å². The summed E-state index contributed by atoms with van der Waals surface area (Å²) in [6.07, 6.45) is 3.72. The van der Waals surface area contributed by atoms with Crippen molar-refractivity contribution in [2.45, 2.75) is 18.8 Å². The highest BCUT2D eigenvalue weighted by molar-refractivity contribution is 5.94. The first-order valence-corrected chi connectivity index (χ1v) is 8.31. The number of carbonyl (C=O) groups is 1. The van der Waals surface area contributed by atoms with Crippen molar-refractivity contribution in [3.8, 4) is 22.8 Å². The molecular formula is C18H22N6O2. The van der Waals surface area contributed by atoms with E-state index in [-0.39, 0.29) is 20.5 Å². The minimum absolute atomic E-state index is 0. The minimum atomic E-state index is -0.0564. The Hall–Kier alpha value is -3.29. The second-order valence-corrected chi connectivity index (χ2v) is 6.49. The van der Waals surface area contributed by atoms with E-state index < -0.39 is 0 Å². The summed E-state index contributed by atoms with van der Waals surface area (Å²) in [4.78, 5) is 22.3. The zero-order valence-corrected chi connectivity index (χ0v) is 14.5. The third kappa shape index (κ3) is 3.01. The van der Waals surface area contributed by atoms with Gasteiger partial charge in [-0.1, -0.05) is 12.1 Å². The Kier molecular flexibility index (Phi) is 3.87. The fourth-order valence-electron chi connectivity index (χ4n) is 2.56. The molecule has 1 aliphatic rings. The van der Waals surface area contributed by atoms with Gasteiger partial charge in [-0.3, -0.25) is 4.79 Å². The molecule has 2 N–H and O–H groups in total. The van der Waals surface area contributed by atoms with E-state index >= 15 is 0 Å². The van der Waals surface area contributed by atoms with Gasteiger partial charge in [-0.25, -0.2) is 9.97 Å². The zero-order valence-electron chi connectivity index (χ0n) is 14.5. The predicted molar refractivity (Wildman–Crippen MR) is 99.4 cm³/mol. The van der Waals surface area contributed by atoms with Gasteiger partial charge in [0.05, 0.1) is 11.9 Å². The molecule has 4 rings (SSSR count). The average molecular weight is 354 g/mol. The molecule has 0 radical (unpaired) electrons. The molecule has 1 aliphatic carbocycles. The summed E-state index contributed by atoms with van der Waals surface area (Å²) < 4.78 is 5.69. The minimum Gasteiger partial charge on any atom is -0.419 e. The lowest BCUT2D eigenvalue weighted by Gasteiger charge is -2.10. The Morgan fingerprint density at radius 1 is 1.23 bits per heavy atom. The number of hydrogen-bond acceptors (Lipinski definition) is 7. The molecule has 0 aliphatic heterocycles. The molecular weight excluding hydrogens is 332 g/mol. The van der Waals surface area contributed by atoms with E-state index in [1.54, 1.807) is 32.4 Å². The molecule has 2 heterocycles. The van der Waals surface area contributed by atoms with Gasteiger partial charge in [0, 0.05) is 34.0 Å². The summed E-state index contributed by atoms with van der Waals surface area (Å²) in [5, 5.41) is 8.11. The largest absolute Gasteiger partial charge is 0.419 e. The Balaban J connectivity index is 0.00000140. The van der Waals surface area contributed by atoms with E-state index in [9.17, 15) is 4.79 Å². The van der Waals surface area contributed by atoms with Gasteiger partial charge < -0.3 is 15.1 Å². The van der Waals surface area contributed by atoms with E-state index in [4.69, 9.17) is 10.2 Å². The lowest BCUT2D eigenvalue weighted by molar-refractivity contribution is 0.0827. The van der Waals surface area contributed by atoms with Crippen LogP contribution in [0.5, 0.6) is 0 Å². The molecule has 8 heteroatoms. The topological polar surface area (TPSA) is 111 Å². The summed E-state index contributed by atoms with van der Waals surface area (Å²) >= 11 is 0. The SMILES string of the molecule is CN(C)C(=O)c1ccc(-c2cnc(N)c(-c3nnc(C4CC4)o3)n2)cc1.[HH].[HH]. The molecule has 0 bridgehead atoms. The Bertz CT molecular complexity index is 970. The number of amides is 1. The molecule has 0 atom stereocenters. The summed E-state index contributed by atoms with van der Waals surface area (Å²) in [6.45, 7) is 0. The summed E-state index contributed by atoms with van der Waals surface area (Å²) in [7, 11) is 3.43. The van der Waals surface area contributed by atoms with Gasteiger partial charge >= 0.3 is 0 Å². The van der Waals surface area contributed by atoms with Crippen LogP contribution in [0.4, 0.5) is 5.82 Å². The monoisotopic (exact) mass is 354 g/mol. The Labute approximate surface area is 153 Å². The first kappa shape index (κ1) is 16.2. The Morgan fingerprint density at radius 2 is 1.96 bits per heavy atom. The normalized spacial score (nSPS) is 13.6. The second-order valence-electron chi connectivity index (χ2n) is 6.49. The van der Waals surface area contributed by atoms with Crippen LogP contribution in [-0.4, -0.2) is 45.1 Å². The fraction of sp³-hybridized carbons (Fsp3) is 0.278. The van der Waals surface area contributed by atoms with Crippen molar-refractivity contribution in [3.05, 3.63) is 41.9 Å². The highest BCUT2D eigenvalue weighted by atomic mass is 16.4. The second kappa shape index (κ2) is 6.21. The molecule has 0 unspecified atom stereocenters. The van der Waals surface area contributed by atoms with Gasteiger partial charge in [-0.15, -0.1) is 10.2 Å². The maximum absolute atomic E-state index is 12.0. The van der Waals surface area contributed by atoms with Crippen molar-refractivity contribution < 1.29 is 12.1 Å². The number of hydrogen-bond donors (Lipinski definition) is 1. The van der Waals surface area contributed by atoms with Crippen molar-refractivity contribution >= 4 is 11.7 Å². The van der Waals surface area contributed by atoms with Gasteiger partial charge in [0.1, 0.15) is 0 Å². The van der Waals surface area contributed by atoms with Crippen LogP contribution in [0.3, 0.4) is 0 Å². The Morgan fingerprint density at radius 3 is 2.62 bits per heavy atom. The lowest BCUT2D eigenvalue weighted by Crippen LogP contribution is -2.21. The maximum atomic E-state index is 12.0. The van der Waals surface area contributed by atoms with Crippen LogP contribution in [0.1, 0.15) is 37.9 Å².